The van der Waals surface area contributed by atoms with E-state index in [1.165, 1.54) is 6.92 Å². The third kappa shape index (κ3) is 6.97. The number of carboxylic acid groups (broad SMARTS) is 1. The first-order valence-electron chi connectivity index (χ1n) is 6.30. The molecule has 0 saturated heterocycles. The topological polar surface area (TPSA) is 191 Å². The molecule has 0 spiro atoms. The monoisotopic (exact) mass is 320 g/mol. The summed E-state index contributed by atoms with van der Waals surface area (Å²) in [5, 5.41) is 32.5. The largest absolute Gasteiger partial charge is 0.480 e. The minimum Gasteiger partial charge on any atom is -0.480 e. The summed E-state index contributed by atoms with van der Waals surface area (Å²) in [6.07, 6.45) is 0. The number of carbonyl (C=O) groups is 4. The van der Waals surface area contributed by atoms with Gasteiger partial charge in [0.05, 0.1) is 13.2 Å². The lowest BCUT2D eigenvalue weighted by atomic mass is 10.2. The molecule has 11 nitrogen and oxygen atoms in total. The minimum absolute atomic E-state index is 0.607. The van der Waals surface area contributed by atoms with Crippen LogP contribution in [-0.4, -0.2) is 76.9 Å². The molecule has 3 amide bonds. The van der Waals surface area contributed by atoms with Crippen LogP contribution >= 0.6 is 0 Å². The van der Waals surface area contributed by atoms with E-state index in [2.05, 4.69) is 16.0 Å². The van der Waals surface area contributed by atoms with Gasteiger partial charge in [-0.2, -0.15) is 0 Å². The number of amides is 3. The molecule has 0 fully saturated rings. The molecule has 0 saturated carbocycles. The van der Waals surface area contributed by atoms with Crippen LogP contribution in [0.25, 0.3) is 0 Å². The van der Waals surface area contributed by atoms with Crippen molar-refractivity contribution in [2.75, 3.05) is 19.8 Å². The molecule has 8 N–H and O–H groups in total. The van der Waals surface area contributed by atoms with Crippen molar-refractivity contribution in [1.82, 2.24) is 16.0 Å². The predicted molar refractivity (Wildman–Crippen MR) is 72.3 cm³/mol. The highest BCUT2D eigenvalue weighted by Crippen LogP contribution is 1.90. The molecule has 0 aliphatic rings. The van der Waals surface area contributed by atoms with Crippen LogP contribution in [0.3, 0.4) is 0 Å². The maximum atomic E-state index is 11.8. The molecule has 0 bridgehead atoms. The Morgan fingerprint density at radius 3 is 2.05 bits per heavy atom. The average molecular weight is 320 g/mol. The van der Waals surface area contributed by atoms with E-state index in [0.717, 1.165) is 0 Å². The van der Waals surface area contributed by atoms with Crippen LogP contribution in [0.2, 0.25) is 0 Å². The van der Waals surface area contributed by atoms with Crippen molar-refractivity contribution in [2.45, 2.75) is 25.0 Å². The minimum atomic E-state index is -1.36. The van der Waals surface area contributed by atoms with Gasteiger partial charge in [-0.15, -0.1) is 0 Å². The van der Waals surface area contributed by atoms with E-state index in [4.69, 9.17) is 21.1 Å². The van der Waals surface area contributed by atoms with Gasteiger partial charge in [-0.1, -0.05) is 0 Å². The summed E-state index contributed by atoms with van der Waals surface area (Å²) in [5.74, 6) is -3.70. The van der Waals surface area contributed by atoms with E-state index in [1.54, 1.807) is 0 Å². The Bertz CT molecular complexity index is 429. The molecule has 3 atom stereocenters. The van der Waals surface area contributed by atoms with E-state index >= 15 is 0 Å². The summed E-state index contributed by atoms with van der Waals surface area (Å²) >= 11 is 0. The van der Waals surface area contributed by atoms with Crippen molar-refractivity contribution < 1.29 is 34.5 Å². The van der Waals surface area contributed by atoms with Gasteiger partial charge in [0, 0.05) is 0 Å². The molecule has 3 unspecified atom stereocenters. The quantitative estimate of drug-likeness (QED) is 0.221. The third-order valence-electron chi connectivity index (χ3n) is 2.51. The molecule has 11 heteroatoms. The Kier molecular flexibility index (Phi) is 8.67. The van der Waals surface area contributed by atoms with E-state index in [1.807, 2.05) is 0 Å². The number of aliphatic carboxylic acids is 1. The highest BCUT2D eigenvalue weighted by atomic mass is 16.4. The van der Waals surface area contributed by atoms with Gasteiger partial charge >= 0.3 is 5.97 Å². The lowest BCUT2D eigenvalue weighted by molar-refractivity contribution is -0.138. The van der Waals surface area contributed by atoms with Crippen molar-refractivity contribution in [3.8, 4) is 0 Å². The van der Waals surface area contributed by atoms with Gasteiger partial charge in [-0.3, -0.25) is 19.2 Å². The first-order chi connectivity index (χ1) is 10.2. The van der Waals surface area contributed by atoms with Gasteiger partial charge in [0.15, 0.2) is 0 Å². The zero-order chi connectivity index (χ0) is 17.3. The van der Waals surface area contributed by atoms with Gasteiger partial charge in [0.25, 0.3) is 0 Å². The zero-order valence-corrected chi connectivity index (χ0v) is 11.9. The van der Waals surface area contributed by atoms with Crippen LogP contribution in [0, 0.1) is 0 Å². The number of hydrogen-bond acceptors (Lipinski definition) is 7. The fraction of sp³-hybridized carbons (Fsp3) is 0.636. The van der Waals surface area contributed by atoms with Crippen LogP contribution in [0.4, 0.5) is 0 Å². The third-order valence-corrected chi connectivity index (χ3v) is 2.51. The maximum Gasteiger partial charge on any atom is 0.322 e. The van der Waals surface area contributed by atoms with Crippen LogP contribution in [0.15, 0.2) is 0 Å². The standard InChI is InChI=1S/C11H20N4O7/c1-5(9(20)13-2-8(18)19)14-11(22)7(4-17)15-10(21)6(12)3-16/h5-7,16-17H,2-4,12H2,1H3,(H,13,20)(H,14,22)(H,15,21)(H,18,19). The SMILES string of the molecule is CC(NC(=O)C(CO)NC(=O)C(N)CO)C(=O)NCC(=O)O. The highest BCUT2D eigenvalue weighted by Gasteiger charge is 2.25. The first-order valence-corrected chi connectivity index (χ1v) is 6.30. The number of carboxylic acids is 1. The number of rotatable bonds is 9. The summed E-state index contributed by atoms with van der Waals surface area (Å²) in [4.78, 5) is 45.0. The summed E-state index contributed by atoms with van der Waals surface area (Å²) in [6, 6.07) is -3.69. The van der Waals surface area contributed by atoms with Gasteiger partial charge in [-0.25, -0.2) is 0 Å². The number of hydrogen-bond donors (Lipinski definition) is 7. The predicted octanol–water partition coefficient (Wildman–Crippen LogP) is -4.51. The Morgan fingerprint density at radius 2 is 1.59 bits per heavy atom. The highest BCUT2D eigenvalue weighted by molar-refractivity contribution is 5.93. The second-order valence-corrected chi connectivity index (χ2v) is 4.37. The molecule has 0 heterocycles. The normalized spacial score (nSPS) is 14.4. The van der Waals surface area contributed by atoms with Crippen molar-refractivity contribution in [2.24, 2.45) is 5.73 Å². The van der Waals surface area contributed by atoms with Crippen molar-refractivity contribution in [3.05, 3.63) is 0 Å². The van der Waals surface area contributed by atoms with Gasteiger partial charge in [0.2, 0.25) is 17.7 Å². The van der Waals surface area contributed by atoms with Crippen LogP contribution in [0.1, 0.15) is 6.92 Å². The Morgan fingerprint density at radius 1 is 1.00 bits per heavy atom. The van der Waals surface area contributed by atoms with Crippen molar-refractivity contribution in [1.29, 1.82) is 0 Å². The molecule has 0 radical (unpaired) electrons. The van der Waals surface area contributed by atoms with E-state index in [-0.39, 0.29) is 0 Å². The van der Waals surface area contributed by atoms with Crippen molar-refractivity contribution in [3.63, 3.8) is 0 Å². The number of nitrogens with two attached hydrogens (primary N) is 1. The van der Waals surface area contributed by atoms with E-state index < -0.39 is 61.6 Å². The molecule has 22 heavy (non-hydrogen) atoms. The number of aliphatic hydroxyl groups is 2. The summed E-state index contributed by atoms with van der Waals surface area (Å²) < 4.78 is 0. The second-order valence-electron chi connectivity index (χ2n) is 4.37. The molecule has 0 aliphatic carbocycles. The van der Waals surface area contributed by atoms with Gasteiger partial charge in [-0.05, 0) is 6.92 Å². The summed E-state index contributed by atoms with van der Waals surface area (Å²) in [5.41, 5.74) is 5.24. The molecule has 0 aromatic heterocycles. The van der Waals surface area contributed by atoms with Crippen LogP contribution < -0.4 is 21.7 Å². The lowest BCUT2D eigenvalue weighted by Gasteiger charge is -2.20. The van der Waals surface area contributed by atoms with E-state index in [9.17, 15) is 19.2 Å². The Hall–Kier alpha value is -2.24. The number of carbonyl (C=O) groups excluding carboxylic acids is 3. The second kappa shape index (κ2) is 9.65. The molecule has 0 aromatic rings. The fourth-order valence-electron chi connectivity index (χ4n) is 1.25. The summed E-state index contributed by atoms with van der Waals surface area (Å²) in [7, 11) is 0. The Balaban J connectivity index is 4.49. The molecule has 0 rings (SSSR count). The number of aliphatic hydroxyl groups excluding tert-OH is 2. The van der Waals surface area contributed by atoms with Gasteiger partial charge in [0.1, 0.15) is 24.7 Å². The fourth-order valence-corrected chi connectivity index (χ4v) is 1.25. The zero-order valence-electron chi connectivity index (χ0n) is 11.9. The maximum absolute atomic E-state index is 11.8. The van der Waals surface area contributed by atoms with Crippen LogP contribution in [0.5, 0.6) is 0 Å². The molecule has 0 aromatic carbocycles. The van der Waals surface area contributed by atoms with Gasteiger partial charge < -0.3 is 37.0 Å². The lowest BCUT2D eigenvalue weighted by Crippen LogP contribution is -2.57. The molecule has 126 valence electrons. The Labute approximate surface area is 125 Å². The first kappa shape index (κ1) is 19.8. The smallest absolute Gasteiger partial charge is 0.322 e. The summed E-state index contributed by atoms with van der Waals surface area (Å²) in [6.45, 7) is -0.700. The molecular formula is C11H20N4O7. The molecule has 0 aliphatic heterocycles. The van der Waals surface area contributed by atoms with Crippen LogP contribution in [-0.2, 0) is 19.2 Å². The number of nitrogens with one attached hydrogen (secondary N) is 3. The van der Waals surface area contributed by atoms with Crippen molar-refractivity contribution >= 4 is 23.7 Å². The average Bonchev–Trinajstić information content (AvgIpc) is 2.48. The van der Waals surface area contributed by atoms with E-state index in [0.29, 0.717) is 0 Å². The molecular weight excluding hydrogens is 300 g/mol.